The zero-order valence-electron chi connectivity index (χ0n) is 10.5. The van der Waals surface area contributed by atoms with E-state index >= 15 is 0 Å². The molecule has 0 aliphatic rings. The van der Waals surface area contributed by atoms with E-state index < -0.39 is 0 Å². The molecule has 94 valence electrons. The first kappa shape index (κ1) is 12.8. The van der Waals surface area contributed by atoms with Crippen LogP contribution in [0, 0.1) is 6.92 Å². The van der Waals surface area contributed by atoms with Crippen molar-refractivity contribution in [3.8, 4) is 0 Å². The second kappa shape index (κ2) is 5.36. The Morgan fingerprint density at radius 3 is 2.56 bits per heavy atom. The number of aromatic nitrogens is 2. The number of benzene rings is 1. The fourth-order valence-corrected chi connectivity index (χ4v) is 2.02. The van der Waals surface area contributed by atoms with Gasteiger partial charge in [-0.3, -0.25) is 0 Å². The fraction of sp³-hybridized carbons (Fsp3) is 0.286. The Morgan fingerprint density at radius 1 is 1.22 bits per heavy atom. The van der Waals surface area contributed by atoms with Gasteiger partial charge in [0.2, 0.25) is 0 Å². The van der Waals surface area contributed by atoms with Crippen LogP contribution >= 0.6 is 11.6 Å². The van der Waals surface area contributed by atoms with Crippen LogP contribution < -0.4 is 5.32 Å². The van der Waals surface area contributed by atoms with E-state index in [1.165, 1.54) is 0 Å². The topological polar surface area (TPSA) is 37.8 Å². The van der Waals surface area contributed by atoms with Crippen LogP contribution in [0.3, 0.4) is 0 Å². The SMILES string of the molecule is Cc1nccc(NC(C)(CCl)c2ccccc2)n1. The van der Waals surface area contributed by atoms with Gasteiger partial charge in [-0.2, -0.15) is 0 Å². The first-order valence-corrected chi connectivity index (χ1v) is 6.37. The lowest BCUT2D eigenvalue weighted by molar-refractivity contribution is 0.613. The van der Waals surface area contributed by atoms with E-state index in [4.69, 9.17) is 11.6 Å². The number of nitrogens with one attached hydrogen (secondary N) is 1. The van der Waals surface area contributed by atoms with Crippen LogP contribution in [0.5, 0.6) is 0 Å². The van der Waals surface area contributed by atoms with Crippen LogP contribution in [0.4, 0.5) is 5.82 Å². The molecule has 1 aromatic heterocycles. The Balaban J connectivity index is 2.29. The van der Waals surface area contributed by atoms with Crippen LogP contribution in [0.25, 0.3) is 0 Å². The van der Waals surface area contributed by atoms with Gasteiger partial charge >= 0.3 is 0 Å². The number of nitrogens with zero attached hydrogens (tertiary/aromatic N) is 2. The Labute approximate surface area is 112 Å². The van der Waals surface area contributed by atoms with Gasteiger partial charge in [-0.15, -0.1) is 11.6 Å². The van der Waals surface area contributed by atoms with Crippen molar-refractivity contribution in [3.05, 3.63) is 54.0 Å². The van der Waals surface area contributed by atoms with Crippen LogP contribution in [-0.4, -0.2) is 15.8 Å². The lowest BCUT2D eigenvalue weighted by atomic mass is 9.94. The van der Waals surface area contributed by atoms with Crippen molar-refractivity contribution >= 4 is 17.4 Å². The highest BCUT2D eigenvalue weighted by atomic mass is 35.5. The standard InChI is InChI=1S/C14H16ClN3/c1-11-16-9-8-13(17-11)18-14(2,10-15)12-6-4-3-5-7-12/h3-9H,10H2,1-2H3,(H,16,17,18). The molecule has 2 rings (SSSR count). The number of hydrogen-bond donors (Lipinski definition) is 1. The van der Waals surface area contributed by atoms with Crippen molar-refractivity contribution in [1.82, 2.24) is 9.97 Å². The van der Waals surface area contributed by atoms with Crippen LogP contribution in [0.1, 0.15) is 18.3 Å². The van der Waals surface area contributed by atoms with Gasteiger partial charge in [-0.05, 0) is 25.5 Å². The minimum absolute atomic E-state index is 0.344. The molecule has 0 radical (unpaired) electrons. The summed E-state index contributed by atoms with van der Waals surface area (Å²) in [5.74, 6) is 1.99. The molecule has 1 atom stereocenters. The lowest BCUT2D eigenvalue weighted by Crippen LogP contribution is -2.34. The van der Waals surface area contributed by atoms with Crippen molar-refractivity contribution in [3.63, 3.8) is 0 Å². The minimum Gasteiger partial charge on any atom is -0.360 e. The Morgan fingerprint density at radius 2 is 1.94 bits per heavy atom. The summed E-state index contributed by atoms with van der Waals surface area (Å²) in [6.45, 7) is 3.93. The number of anilines is 1. The van der Waals surface area contributed by atoms with Crippen LogP contribution in [-0.2, 0) is 5.54 Å². The Kier molecular flexibility index (Phi) is 3.82. The zero-order chi connectivity index (χ0) is 13.0. The third-order valence-corrected chi connectivity index (χ3v) is 3.39. The first-order chi connectivity index (χ1) is 8.64. The highest BCUT2D eigenvalue weighted by Crippen LogP contribution is 2.26. The van der Waals surface area contributed by atoms with E-state index in [-0.39, 0.29) is 5.54 Å². The molecular weight excluding hydrogens is 246 g/mol. The molecule has 0 amide bonds. The summed E-state index contributed by atoms with van der Waals surface area (Å²) in [7, 11) is 0. The monoisotopic (exact) mass is 261 g/mol. The molecule has 1 heterocycles. The van der Waals surface area contributed by atoms with Crippen molar-refractivity contribution in [2.45, 2.75) is 19.4 Å². The van der Waals surface area contributed by atoms with Gasteiger partial charge in [-0.1, -0.05) is 30.3 Å². The molecule has 1 unspecified atom stereocenters. The summed E-state index contributed by atoms with van der Waals surface area (Å²) in [6, 6.07) is 12.0. The fourth-order valence-electron chi connectivity index (χ4n) is 1.80. The Hall–Kier alpha value is -1.61. The van der Waals surface area contributed by atoms with Crippen LogP contribution in [0.15, 0.2) is 42.6 Å². The summed E-state index contributed by atoms with van der Waals surface area (Å²) in [6.07, 6.45) is 1.74. The summed E-state index contributed by atoms with van der Waals surface area (Å²) in [5.41, 5.74) is 0.792. The molecule has 1 aromatic carbocycles. The van der Waals surface area contributed by atoms with Gasteiger partial charge in [0.1, 0.15) is 11.6 Å². The third-order valence-electron chi connectivity index (χ3n) is 2.86. The molecule has 1 N–H and O–H groups in total. The predicted octanol–water partition coefficient (Wildman–Crippen LogP) is 3.35. The maximum Gasteiger partial charge on any atom is 0.130 e. The molecule has 18 heavy (non-hydrogen) atoms. The number of halogens is 1. The number of hydrogen-bond acceptors (Lipinski definition) is 3. The number of aryl methyl sites for hydroxylation is 1. The Bertz CT molecular complexity index is 515. The maximum absolute atomic E-state index is 6.13. The second-order valence-corrected chi connectivity index (χ2v) is 4.71. The molecule has 4 heteroatoms. The molecule has 0 aliphatic heterocycles. The van der Waals surface area contributed by atoms with Gasteiger partial charge in [0.05, 0.1) is 5.54 Å². The summed E-state index contributed by atoms with van der Waals surface area (Å²) in [5, 5.41) is 3.38. The summed E-state index contributed by atoms with van der Waals surface area (Å²) < 4.78 is 0. The summed E-state index contributed by atoms with van der Waals surface area (Å²) in [4.78, 5) is 8.44. The normalized spacial score (nSPS) is 13.9. The summed E-state index contributed by atoms with van der Waals surface area (Å²) >= 11 is 6.13. The largest absolute Gasteiger partial charge is 0.360 e. The van der Waals surface area contributed by atoms with E-state index in [0.29, 0.717) is 5.88 Å². The van der Waals surface area contributed by atoms with Crippen LogP contribution in [0.2, 0.25) is 0 Å². The predicted molar refractivity (Wildman–Crippen MR) is 74.9 cm³/mol. The van der Waals surface area contributed by atoms with E-state index in [2.05, 4.69) is 34.3 Å². The van der Waals surface area contributed by atoms with Gasteiger partial charge in [0, 0.05) is 12.1 Å². The highest BCUT2D eigenvalue weighted by Gasteiger charge is 2.25. The first-order valence-electron chi connectivity index (χ1n) is 5.83. The van der Waals surface area contributed by atoms with E-state index in [1.807, 2.05) is 31.2 Å². The van der Waals surface area contributed by atoms with Crippen molar-refractivity contribution in [2.75, 3.05) is 11.2 Å². The average Bonchev–Trinajstić information content (AvgIpc) is 2.39. The zero-order valence-corrected chi connectivity index (χ0v) is 11.3. The number of rotatable bonds is 4. The molecule has 0 bridgehead atoms. The van der Waals surface area contributed by atoms with Crippen molar-refractivity contribution in [2.24, 2.45) is 0 Å². The average molecular weight is 262 g/mol. The molecule has 0 saturated heterocycles. The number of alkyl halides is 1. The third kappa shape index (κ3) is 2.79. The van der Waals surface area contributed by atoms with E-state index in [0.717, 1.165) is 17.2 Å². The van der Waals surface area contributed by atoms with E-state index in [9.17, 15) is 0 Å². The van der Waals surface area contributed by atoms with Gasteiger partial charge in [-0.25, -0.2) is 9.97 Å². The second-order valence-electron chi connectivity index (χ2n) is 4.45. The van der Waals surface area contributed by atoms with Gasteiger partial charge in [0.25, 0.3) is 0 Å². The smallest absolute Gasteiger partial charge is 0.130 e. The van der Waals surface area contributed by atoms with E-state index in [1.54, 1.807) is 6.20 Å². The van der Waals surface area contributed by atoms with Gasteiger partial charge in [0.15, 0.2) is 0 Å². The molecule has 0 aliphatic carbocycles. The quantitative estimate of drug-likeness (QED) is 0.858. The van der Waals surface area contributed by atoms with Crippen molar-refractivity contribution < 1.29 is 0 Å². The molecule has 2 aromatic rings. The maximum atomic E-state index is 6.13. The molecule has 0 spiro atoms. The minimum atomic E-state index is -0.344. The van der Waals surface area contributed by atoms with Gasteiger partial charge < -0.3 is 5.32 Å². The lowest BCUT2D eigenvalue weighted by Gasteiger charge is -2.29. The molecule has 3 nitrogen and oxygen atoms in total. The molecule has 0 fully saturated rings. The molecule has 0 saturated carbocycles. The molecular formula is C14H16ClN3. The highest BCUT2D eigenvalue weighted by molar-refractivity contribution is 6.18. The van der Waals surface area contributed by atoms with Crippen molar-refractivity contribution in [1.29, 1.82) is 0 Å².